The van der Waals surface area contributed by atoms with Crippen molar-refractivity contribution < 1.29 is 13.5 Å². The third-order valence-corrected chi connectivity index (χ3v) is 5.29. The Morgan fingerprint density at radius 2 is 2.10 bits per heavy atom. The highest BCUT2D eigenvalue weighted by atomic mass is 32.2. The first kappa shape index (κ1) is 15.4. The van der Waals surface area contributed by atoms with Gasteiger partial charge >= 0.3 is 0 Å². The van der Waals surface area contributed by atoms with Gasteiger partial charge in [0, 0.05) is 45.0 Å². The molecule has 2 N–H and O–H groups in total. The summed E-state index contributed by atoms with van der Waals surface area (Å²) in [7, 11) is -1.65. The number of aliphatic hydroxyl groups excluding tert-OH is 1. The van der Waals surface area contributed by atoms with Gasteiger partial charge in [0.1, 0.15) is 0 Å². The quantitative estimate of drug-likeness (QED) is 0.786. The smallest absolute Gasteiger partial charge is 0.279 e. The van der Waals surface area contributed by atoms with E-state index in [0.29, 0.717) is 25.9 Å². The molecule has 2 rings (SSSR count). The van der Waals surface area contributed by atoms with Crippen LogP contribution in [0.3, 0.4) is 0 Å². The lowest BCUT2D eigenvalue weighted by atomic mass is 10.00. The second kappa shape index (κ2) is 6.21. The van der Waals surface area contributed by atoms with Gasteiger partial charge < -0.3 is 5.11 Å². The first-order valence-electron chi connectivity index (χ1n) is 6.77. The number of piperidine rings is 1. The van der Waals surface area contributed by atoms with Gasteiger partial charge in [0.25, 0.3) is 10.2 Å². The molecule has 1 aliphatic rings. The zero-order chi connectivity index (χ0) is 14.8. The fourth-order valence-corrected chi connectivity index (χ4v) is 3.63. The molecule has 0 bridgehead atoms. The molecule has 114 valence electrons. The highest BCUT2D eigenvalue weighted by Crippen LogP contribution is 2.18. The van der Waals surface area contributed by atoms with E-state index < -0.39 is 10.2 Å². The van der Waals surface area contributed by atoms with Gasteiger partial charge in [-0.2, -0.15) is 22.5 Å². The predicted octanol–water partition coefficient (Wildman–Crippen LogP) is -0.233. The molecule has 0 aliphatic carbocycles. The summed E-state index contributed by atoms with van der Waals surface area (Å²) in [6, 6.07) is 0. The van der Waals surface area contributed by atoms with Crippen LogP contribution in [-0.2, 0) is 23.8 Å². The van der Waals surface area contributed by atoms with Crippen LogP contribution in [0.1, 0.15) is 24.1 Å². The third-order valence-electron chi connectivity index (χ3n) is 3.73. The minimum Gasteiger partial charge on any atom is -0.396 e. The molecule has 0 amide bonds. The van der Waals surface area contributed by atoms with Crippen LogP contribution >= 0.6 is 0 Å². The van der Waals surface area contributed by atoms with Crippen molar-refractivity contribution in [3.8, 4) is 0 Å². The van der Waals surface area contributed by atoms with Crippen molar-refractivity contribution in [2.45, 2.75) is 26.3 Å². The van der Waals surface area contributed by atoms with E-state index in [2.05, 4.69) is 9.82 Å². The van der Waals surface area contributed by atoms with Crippen LogP contribution in [0.2, 0.25) is 0 Å². The zero-order valence-corrected chi connectivity index (χ0v) is 12.7. The molecule has 0 aromatic carbocycles. The Morgan fingerprint density at radius 3 is 2.60 bits per heavy atom. The maximum absolute atomic E-state index is 12.2. The highest BCUT2D eigenvalue weighted by Gasteiger charge is 2.27. The van der Waals surface area contributed by atoms with Crippen molar-refractivity contribution in [3.05, 3.63) is 17.5 Å². The van der Waals surface area contributed by atoms with E-state index in [4.69, 9.17) is 5.11 Å². The molecule has 1 aromatic rings. The number of aromatic nitrogens is 2. The van der Waals surface area contributed by atoms with Crippen molar-refractivity contribution in [2.24, 2.45) is 13.0 Å². The molecule has 0 saturated carbocycles. The van der Waals surface area contributed by atoms with Gasteiger partial charge in [-0.1, -0.05) is 0 Å². The first-order valence-corrected chi connectivity index (χ1v) is 8.21. The van der Waals surface area contributed by atoms with Crippen molar-refractivity contribution in [1.29, 1.82) is 0 Å². The number of nitrogens with one attached hydrogen (secondary N) is 1. The Hall–Kier alpha value is -0.960. The minimum atomic E-state index is -3.46. The molecule has 1 aliphatic heterocycles. The van der Waals surface area contributed by atoms with Crippen LogP contribution in [0.4, 0.5) is 0 Å². The molecule has 0 radical (unpaired) electrons. The Kier molecular flexibility index (Phi) is 4.79. The summed E-state index contributed by atoms with van der Waals surface area (Å²) in [6.45, 7) is 3.17. The largest absolute Gasteiger partial charge is 0.396 e. The number of aryl methyl sites for hydroxylation is 2. The number of nitrogens with zero attached hydrogens (tertiary/aromatic N) is 3. The fraction of sp³-hybridized carbons (Fsp3) is 0.750. The van der Waals surface area contributed by atoms with E-state index in [-0.39, 0.29) is 19.1 Å². The van der Waals surface area contributed by atoms with Gasteiger partial charge in [-0.05, 0) is 25.7 Å². The van der Waals surface area contributed by atoms with E-state index in [1.165, 1.54) is 4.31 Å². The summed E-state index contributed by atoms with van der Waals surface area (Å²) in [5, 5.41) is 13.3. The summed E-state index contributed by atoms with van der Waals surface area (Å²) in [4.78, 5) is 0. The number of rotatable bonds is 5. The number of aliphatic hydroxyl groups is 1. The van der Waals surface area contributed by atoms with Crippen molar-refractivity contribution >= 4 is 10.2 Å². The lowest BCUT2D eigenvalue weighted by molar-refractivity contribution is 0.169. The van der Waals surface area contributed by atoms with Crippen molar-refractivity contribution in [1.82, 2.24) is 18.8 Å². The summed E-state index contributed by atoms with van der Waals surface area (Å²) < 4.78 is 30.1. The molecule has 1 saturated heterocycles. The Labute approximate surface area is 119 Å². The number of hydrogen-bond donors (Lipinski definition) is 2. The molecule has 7 nitrogen and oxygen atoms in total. The summed E-state index contributed by atoms with van der Waals surface area (Å²) in [5.41, 5.74) is 1.70. The molecular weight excluding hydrogens is 280 g/mol. The zero-order valence-electron chi connectivity index (χ0n) is 11.9. The van der Waals surface area contributed by atoms with E-state index >= 15 is 0 Å². The van der Waals surface area contributed by atoms with E-state index in [1.54, 1.807) is 4.68 Å². The lowest BCUT2D eigenvalue weighted by Gasteiger charge is -2.30. The van der Waals surface area contributed by atoms with Gasteiger partial charge in [-0.25, -0.2) is 0 Å². The normalized spacial score (nSPS) is 18.6. The van der Waals surface area contributed by atoms with E-state index in [0.717, 1.165) is 11.3 Å². The van der Waals surface area contributed by atoms with Crippen LogP contribution in [0.5, 0.6) is 0 Å². The number of hydrogen-bond acceptors (Lipinski definition) is 4. The van der Waals surface area contributed by atoms with Crippen LogP contribution in [0.25, 0.3) is 0 Å². The second-order valence-electron chi connectivity index (χ2n) is 5.26. The van der Waals surface area contributed by atoms with Crippen LogP contribution in [0.15, 0.2) is 6.20 Å². The van der Waals surface area contributed by atoms with Gasteiger partial charge in [0.15, 0.2) is 0 Å². The second-order valence-corrected chi connectivity index (χ2v) is 7.02. The van der Waals surface area contributed by atoms with E-state index in [9.17, 15) is 8.42 Å². The molecule has 0 unspecified atom stereocenters. The Morgan fingerprint density at radius 1 is 1.45 bits per heavy atom. The van der Waals surface area contributed by atoms with Gasteiger partial charge in [0.2, 0.25) is 0 Å². The Balaban J connectivity index is 1.93. The maximum atomic E-state index is 12.2. The standard InChI is InChI=1S/C12H22N4O3S/c1-10-12(8-15(2)14-10)7-13-20(18,19)16-5-3-11(9-17)4-6-16/h8,11,13,17H,3-7,9H2,1-2H3. The minimum absolute atomic E-state index is 0.135. The van der Waals surface area contributed by atoms with Crippen molar-refractivity contribution in [3.63, 3.8) is 0 Å². The van der Waals surface area contributed by atoms with Crippen LogP contribution in [0, 0.1) is 12.8 Å². The molecule has 20 heavy (non-hydrogen) atoms. The molecular formula is C12H22N4O3S. The summed E-state index contributed by atoms with van der Waals surface area (Å²) >= 11 is 0. The first-order chi connectivity index (χ1) is 9.42. The highest BCUT2D eigenvalue weighted by molar-refractivity contribution is 7.87. The Bertz CT molecular complexity index is 547. The average molecular weight is 302 g/mol. The predicted molar refractivity (Wildman–Crippen MR) is 75.1 cm³/mol. The molecule has 8 heteroatoms. The summed E-state index contributed by atoms with van der Waals surface area (Å²) in [5.74, 6) is 0.224. The van der Waals surface area contributed by atoms with Crippen LogP contribution < -0.4 is 4.72 Å². The van der Waals surface area contributed by atoms with Crippen LogP contribution in [-0.4, -0.2) is 47.3 Å². The topological polar surface area (TPSA) is 87.5 Å². The van der Waals surface area contributed by atoms with Gasteiger partial charge in [-0.3, -0.25) is 4.68 Å². The van der Waals surface area contributed by atoms with Crippen molar-refractivity contribution in [2.75, 3.05) is 19.7 Å². The average Bonchev–Trinajstić information content (AvgIpc) is 2.75. The molecule has 1 fully saturated rings. The SMILES string of the molecule is Cc1nn(C)cc1CNS(=O)(=O)N1CCC(CO)CC1. The monoisotopic (exact) mass is 302 g/mol. The maximum Gasteiger partial charge on any atom is 0.279 e. The van der Waals surface area contributed by atoms with Gasteiger partial charge in [-0.15, -0.1) is 0 Å². The molecule has 2 heterocycles. The molecule has 0 spiro atoms. The third kappa shape index (κ3) is 3.57. The summed E-state index contributed by atoms with van der Waals surface area (Å²) in [6.07, 6.45) is 3.24. The fourth-order valence-electron chi connectivity index (χ4n) is 2.41. The van der Waals surface area contributed by atoms with E-state index in [1.807, 2.05) is 20.2 Å². The van der Waals surface area contributed by atoms with Gasteiger partial charge in [0.05, 0.1) is 5.69 Å². The lowest BCUT2D eigenvalue weighted by Crippen LogP contribution is -2.45. The molecule has 1 aromatic heterocycles. The molecule has 0 atom stereocenters.